The number of hydrogen-bond acceptors (Lipinski definition) is 2. The minimum absolute atomic E-state index is 0.235. The molecule has 0 bridgehead atoms. The van der Waals surface area contributed by atoms with Crippen LogP contribution in [0.15, 0.2) is 42.5 Å². The molecule has 2 rings (SSSR count). The zero-order valence-corrected chi connectivity index (χ0v) is 13.6. The van der Waals surface area contributed by atoms with Crippen LogP contribution in [0.25, 0.3) is 0 Å². The van der Waals surface area contributed by atoms with E-state index in [1.54, 1.807) is 13.2 Å². The van der Waals surface area contributed by atoms with Crippen molar-refractivity contribution in [2.75, 3.05) is 13.7 Å². The van der Waals surface area contributed by atoms with Crippen molar-refractivity contribution in [1.29, 1.82) is 0 Å². The maximum atomic E-state index is 6.00. The first-order valence-electron chi connectivity index (χ1n) is 6.75. The van der Waals surface area contributed by atoms with Crippen LogP contribution in [-0.2, 0) is 0 Å². The van der Waals surface area contributed by atoms with Gasteiger partial charge >= 0.3 is 0 Å². The second-order valence-corrected chi connectivity index (χ2v) is 5.60. The Morgan fingerprint density at radius 3 is 2.67 bits per heavy atom. The molecule has 0 saturated carbocycles. The first-order chi connectivity index (χ1) is 10.1. The number of hydrogen-bond donors (Lipinski definition) is 1. The average molecular weight is 323 g/mol. The summed E-state index contributed by atoms with van der Waals surface area (Å²) in [6, 6.07) is 13.9. The molecular weight excluding hydrogens is 305 g/mol. The lowest BCUT2D eigenvalue weighted by Crippen LogP contribution is -2.20. The Hall–Kier alpha value is -1.22. The minimum Gasteiger partial charge on any atom is -0.497 e. The number of halogens is 2. The largest absolute Gasteiger partial charge is 0.497 e. The fraction of sp³-hybridized carbons (Fsp3) is 0.235. The van der Waals surface area contributed by atoms with Crippen LogP contribution in [-0.4, -0.2) is 13.7 Å². The number of ether oxygens (including phenoxy) is 1. The summed E-state index contributed by atoms with van der Waals surface area (Å²) in [4.78, 5) is 0. The molecule has 1 unspecified atom stereocenters. The molecule has 0 heterocycles. The molecule has 2 aromatic rings. The summed E-state index contributed by atoms with van der Waals surface area (Å²) >= 11 is 11.9. The molecule has 0 aliphatic heterocycles. The van der Waals surface area contributed by atoms with Gasteiger partial charge in [-0.25, -0.2) is 0 Å². The van der Waals surface area contributed by atoms with Gasteiger partial charge in [0.2, 0.25) is 0 Å². The van der Waals surface area contributed by atoms with E-state index < -0.39 is 0 Å². The van der Waals surface area contributed by atoms with Crippen LogP contribution in [0.2, 0.25) is 10.0 Å². The van der Waals surface area contributed by atoms with Crippen LogP contribution in [0.4, 0.5) is 0 Å². The van der Waals surface area contributed by atoms with E-state index in [4.69, 9.17) is 27.9 Å². The van der Waals surface area contributed by atoms with Gasteiger partial charge in [-0.3, -0.25) is 0 Å². The molecule has 1 radical (unpaired) electrons. The highest BCUT2D eigenvalue weighted by molar-refractivity contribution is 6.42. The van der Waals surface area contributed by atoms with Gasteiger partial charge in [0.1, 0.15) is 5.75 Å². The van der Waals surface area contributed by atoms with E-state index in [0.717, 1.165) is 17.9 Å². The second-order valence-electron chi connectivity index (χ2n) is 4.78. The monoisotopic (exact) mass is 322 g/mol. The van der Waals surface area contributed by atoms with Gasteiger partial charge in [-0.2, -0.15) is 0 Å². The summed E-state index contributed by atoms with van der Waals surface area (Å²) in [6.07, 6.45) is 2.08. The topological polar surface area (TPSA) is 21.3 Å². The van der Waals surface area contributed by atoms with Gasteiger partial charge in [0, 0.05) is 19.0 Å². The zero-order valence-electron chi connectivity index (χ0n) is 12.1. The zero-order chi connectivity index (χ0) is 15.2. The normalized spacial score (nSPS) is 12.2. The Labute approximate surface area is 136 Å². The number of nitrogens with one attached hydrogen (secondary N) is 1. The van der Waals surface area contributed by atoms with E-state index in [1.165, 1.54) is 5.56 Å². The fourth-order valence-corrected chi connectivity index (χ4v) is 2.33. The molecule has 4 heteroatoms. The molecule has 0 fully saturated rings. The quantitative estimate of drug-likeness (QED) is 0.816. The highest BCUT2D eigenvalue weighted by Crippen LogP contribution is 2.23. The van der Waals surface area contributed by atoms with Crippen LogP contribution in [0.1, 0.15) is 24.1 Å². The fourth-order valence-electron chi connectivity index (χ4n) is 2.02. The molecule has 0 amide bonds. The molecule has 1 N–H and O–H groups in total. The molecule has 0 aliphatic rings. The second kappa shape index (κ2) is 7.69. The van der Waals surface area contributed by atoms with Crippen molar-refractivity contribution in [2.45, 2.75) is 13.0 Å². The van der Waals surface area contributed by atoms with E-state index in [-0.39, 0.29) is 6.04 Å². The van der Waals surface area contributed by atoms with Crippen LogP contribution in [0, 0.1) is 6.42 Å². The maximum absolute atomic E-state index is 6.00. The van der Waals surface area contributed by atoms with E-state index in [2.05, 4.69) is 24.7 Å². The van der Waals surface area contributed by atoms with Gasteiger partial charge in [-0.15, -0.1) is 0 Å². The van der Waals surface area contributed by atoms with Crippen molar-refractivity contribution >= 4 is 23.2 Å². The van der Waals surface area contributed by atoms with Crippen molar-refractivity contribution in [1.82, 2.24) is 5.32 Å². The van der Waals surface area contributed by atoms with E-state index in [9.17, 15) is 0 Å². The van der Waals surface area contributed by atoms with E-state index >= 15 is 0 Å². The Kier molecular flexibility index (Phi) is 5.92. The Morgan fingerprint density at radius 1 is 1.14 bits per heavy atom. The number of rotatable bonds is 6. The van der Waals surface area contributed by atoms with Crippen molar-refractivity contribution in [3.8, 4) is 5.75 Å². The molecule has 0 aliphatic carbocycles. The lowest BCUT2D eigenvalue weighted by atomic mass is 10.1. The van der Waals surface area contributed by atoms with Crippen LogP contribution >= 0.6 is 23.2 Å². The molecule has 1 atom stereocenters. The van der Waals surface area contributed by atoms with Gasteiger partial charge in [0.15, 0.2) is 0 Å². The van der Waals surface area contributed by atoms with Crippen molar-refractivity contribution in [2.24, 2.45) is 0 Å². The van der Waals surface area contributed by atoms with Crippen LogP contribution < -0.4 is 10.1 Å². The van der Waals surface area contributed by atoms with Gasteiger partial charge in [-0.1, -0.05) is 41.4 Å². The number of benzene rings is 2. The summed E-state index contributed by atoms with van der Waals surface area (Å²) in [5, 5.41) is 4.60. The molecule has 0 aromatic heterocycles. The summed E-state index contributed by atoms with van der Waals surface area (Å²) in [6.45, 7) is 2.87. The third kappa shape index (κ3) is 4.63. The first-order valence-corrected chi connectivity index (χ1v) is 7.51. The van der Waals surface area contributed by atoms with E-state index in [0.29, 0.717) is 10.0 Å². The summed E-state index contributed by atoms with van der Waals surface area (Å²) in [7, 11) is 1.68. The minimum atomic E-state index is 0.235. The van der Waals surface area contributed by atoms with Crippen molar-refractivity contribution in [3.05, 3.63) is 70.1 Å². The smallest absolute Gasteiger partial charge is 0.119 e. The summed E-state index contributed by atoms with van der Waals surface area (Å²) in [5.74, 6) is 0.870. The SMILES string of the molecule is COc1cccc(C(C)NC[CH]c2ccc(Cl)c(Cl)c2)c1. The predicted octanol–water partition coefficient (Wildman–Crippen LogP) is 4.91. The summed E-state index contributed by atoms with van der Waals surface area (Å²) in [5.41, 5.74) is 2.24. The van der Waals surface area contributed by atoms with Gasteiger partial charge in [0.05, 0.1) is 17.2 Å². The molecule has 2 aromatic carbocycles. The number of methoxy groups -OCH3 is 1. The predicted molar refractivity (Wildman–Crippen MR) is 89.3 cm³/mol. The third-order valence-electron chi connectivity index (χ3n) is 3.30. The Balaban J connectivity index is 1.88. The van der Waals surface area contributed by atoms with Crippen molar-refractivity contribution < 1.29 is 4.74 Å². The molecule has 111 valence electrons. The third-order valence-corrected chi connectivity index (χ3v) is 4.04. The van der Waals surface area contributed by atoms with Crippen LogP contribution in [0.3, 0.4) is 0 Å². The highest BCUT2D eigenvalue weighted by atomic mass is 35.5. The molecule has 0 saturated heterocycles. The molecule has 0 spiro atoms. The molecule has 2 nitrogen and oxygen atoms in total. The first kappa shape index (κ1) is 16.2. The van der Waals surface area contributed by atoms with E-state index in [1.807, 2.05) is 30.3 Å². The maximum Gasteiger partial charge on any atom is 0.119 e. The van der Waals surface area contributed by atoms with Gasteiger partial charge in [-0.05, 0) is 42.3 Å². The summed E-state index contributed by atoms with van der Waals surface area (Å²) < 4.78 is 5.24. The van der Waals surface area contributed by atoms with Gasteiger partial charge in [0.25, 0.3) is 0 Å². The Bertz CT molecular complexity index is 601. The van der Waals surface area contributed by atoms with Gasteiger partial charge < -0.3 is 10.1 Å². The van der Waals surface area contributed by atoms with Crippen molar-refractivity contribution in [3.63, 3.8) is 0 Å². The standard InChI is InChI=1S/C17H18Cl2NO/c1-12(14-4-3-5-15(11-14)21-2)20-9-8-13-6-7-16(18)17(19)10-13/h3-8,10-12,20H,9H2,1-2H3. The average Bonchev–Trinajstić information content (AvgIpc) is 2.50. The lowest BCUT2D eigenvalue weighted by Gasteiger charge is -2.15. The lowest BCUT2D eigenvalue weighted by molar-refractivity contribution is 0.413. The molecular formula is C17H18Cl2NO. The van der Waals surface area contributed by atoms with Crippen LogP contribution in [0.5, 0.6) is 5.75 Å². The Morgan fingerprint density at radius 2 is 1.95 bits per heavy atom. The molecule has 21 heavy (non-hydrogen) atoms. The highest BCUT2D eigenvalue weighted by Gasteiger charge is 2.06.